The molecular formula is C33H62N4O3. The van der Waals surface area contributed by atoms with Crippen molar-refractivity contribution >= 4 is 5.91 Å². The number of carbonyl (C=O) groups is 1. The normalized spacial score (nSPS) is 41.7. The molecule has 232 valence electrons. The minimum atomic E-state index is -0.330. The van der Waals surface area contributed by atoms with Crippen LogP contribution >= 0.6 is 0 Å². The van der Waals surface area contributed by atoms with Gasteiger partial charge in [-0.1, -0.05) is 20.8 Å². The van der Waals surface area contributed by atoms with Gasteiger partial charge in [-0.05, 0) is 151 Å². The predicted octanol–water partition coefficient (Wildman–Crippen LogP) is 3.81. The van der Waals surface area contributed by atoms with E-state index >= 15 is 0 Å². The second kappa shape index (κ2) is 13.7. The summed E-state index contributed by atoms with van der Waals surface area (Å²) in [7, 11) is 0. The molecule has 7 N–H and O–H groups in total. The van der Waals surface area contributed by atoms with E-state index in [-0.39, 0.29) is 35.0 Å². The molecule has 7 heteroatoms. The number of amides is 1. The van der Waals surface area contributed by atoms with Gasteiger partial charge in [0, 0.05) is 18.5 Å². The van der Waals surface area contributed by atoms with Crippen molar-refractivity contribution in [2.45, 2.75) is 130 Å². The highest BCUT2D eigenvalue weighted by Gasteiger charge is 2.65. The first-order valence-electron chi connectivity index (χ1n) is 16.8. The molecule has 0 aliphatic heterocycles. The van der Waals surface area contributed by atoms with Crippen LogP contribution < -0.4 is 21.7 Å². The van der Waals surface area contributed by atoms with Crippen molar-refractivity contribution in [1.82, 2.24) is 16.0 Å². The molecule has 4 saturated carbocycles. The molecule has 4 fully saturated rings. The van der Waals surface area contributed by atoms with Gasteiger partial charge in [-0.3, -0.25) is 4.79 Å². The van der Waals surface area contributed by atoms with Crippen LogP contribution in [0.1, 0.15) is 105 Å². The van der Waals surface area contributed by atoms with Crippen LogP contribution in [0.3, 0.4) is 0 Å². The molecule has 0 radical (unpaired) electrons. The molecule has 0 aromatic rings. The highest BCUT2D eigenvalue weighted by atomic mass is 16.3. The van der Waals surface area contributed by atoms with E-state index in [1.165, 1.54) is 12.8 Å². The third-order valence-electron chi connectivity index (χ3n) is 12.3. The van der Waals surface area contributed by atoms with E-state index in [0.717, 1.165) is 77.5 Å². The molecule has 11 atom stereocenters. The van der Waals surface area contributed by atoms with Crippen LogP contribution in [-0.2, 0) is 4.79 Å². The zero-order valence-corrected chi connectivity index (χ0v) is 26.3. The minimum absolute atomic E-state index is 0.136. The number of nitrogens with two attached hydrogens (primary N) is 1. The number of aliphatic hydroxyl groups excluding tert-OH is 2. The third kappa shape index (κ3) is 6.59. The Morgan fingerprint density at radius 2 is 1.73 bits per heavy atom. The van der Waals surface area contributed by atoms with Gasteiger partial charge in [0.15, 0.2) is 0 Å². The molecule has 4 rings (SSSR count). The van der Waals surface area contributed by atoms with Gasteiger partial charge in [-0.15, -0.1) is 0 Å². The molecule has 0 heterocycles. The zero-order valence-electron chi connectivity index (χ0n) is 26.3. The maximum Gasteiger partial charge on any atom is 0.220 e. The summed E-state index contributed by atoms with van der Waals surface area (Å²) in [5, 5.41) is 33.9. The Labute approximate surface area is 244 Å². The summed E-state index contributed by atoms with van der Waals surface area (Å²) in [6, 6.07) is 0.709. The summed E-state index contributed by atoms with van der Waals surface area (Å²) < 4.78 is 0. The van der Waals surface area contributed by atoms with Gasteiger partial charge >= 0.3 is 0 Å². The number of hydrogen-bond acceptors (Lipinski definition) is 6. The Bertz CT molecular complexity index is 826. The van der Waals surface area contributed by atoms with Gasteiger partial charge in [0.1, 0.15) is 0 Å². The van der Waals surface area contributed by atoms with Gasteiger partial charge < -0.3 is 31.9 Å². The molecule has 0 aromatic heterocycles. The maximum absolute atomic E-state index is 12.3. The number of rotatable bonds is 13. The minimum Gasteiger partial charge on any atom is -0.393 e. The van der Waals surface area contributed by atoms with Gasteiger partial charge in [-0.25, -0.2) is 0 Å². The number of nitrogens with one attached hydrogen (secondary N) is 3. The van der Waals surface area contributed by atoms with Gasteiger partial charge in [0.25, 0.3) is 0 Å². The molecule has 4 aliphatic carbocycles. The standard InChI is InChI=1S/C33H62N4O3/c1-21(2)37-30(40)11-8-22(3)25-9-10-26-31-27(20-29(39)33(25,26)5)32(4)13-12-24(18-23(32)19-28(31)38)36-17-7-16-35-15-6-14-34/h21-29,31,35-36,38-39H,6-20,34H2,1-5H3,(H,37,40)/t22-,23?,24+,25-,26?,27?,28-,29+,31?,32+,33-/m1/s1. The molecule has 1 amide bonds. The van der Waals surface area contributed by atoms with Crippen LogP contribution in [0.25, 0.3) is 0 Å². The molecule has 40 heavy (non-hydrogen) atoms. The van der Waals surface area contributed by atoms with Crippen molar-refractivity contribution in [2.75, 3.05) is 26.2 Å². The summed E-state index contributed by atoms with van der Waals surface area (Å²) in [5.41, 5.74) is 5.61. The second-order valence-electron chi connectivity index (χ2n) is 15.0. The molecule has 7 nitrogen and oxygen atoms in total. The van der Waals surface area contributed by atoms with E-state index in [4.69, 9.17) is 5.73 Å². The maximum atomic E-state index is 12.3. The van der Waals surface area contributed by atoms with Crippen molar-refractivity contribution in [3.05, 3.63) is 0 Å². The molecule has 4 aliphatic rings. The van der Waals surface area contributed by atoms with E-state index < -0.39 is 0 Å². The first-order valence-corrected chi connectivity index (χ1v) is 16.8. The lowest BCUT2D eigenvalue weighted by atomic mass is 9.43. The smallest absolute Gasteiger partial charge is 0.220 e. The van der Waals surface area contributed by atoms with Gasteiger partial charge in [0.05, 0.1) is 12.2 Å². The number of carbonyl (C=O) groups excluding carboxylic acids is 1. The fraction of sp³-hybridized carbons (Fsp3) is 0.970. The van der Waals surface area contributed by atoms with Crippen LogP contribution in [0.15, 0.2) is 0 Å². The number of fused-ring (bicyclic) bond motifs is 5. The summed E-state index contributed by atoms with van der Waals surface area (Å²) in [4.78, 5) is 12.3. The number of hydrogen-bond donors (Lipinski definition) is 6. The first kappa shape index (κ1) is 32.2. The van der Waals surface area contributed by atoms with Crippen molar-refractivity contribution in [3.8, 4) is 0 Å². The fourth-order valence-corrected chi connectivity index (χ4v) is 10.2. The van der Waals surface area contributed by atoms with Crippen LogP contribution in [0.4, 0.5) is 0 Å². The van der Waals surface area contributed by atoms with E-state index in [2.05, 4.69) is 36.7 Å². The van der Waals surface area contributed by atoms with Crippen molar-refractivity contribution in [2.24, 2.45) is 52.1 Å². The fourth-order valence-electron chi connectivity index (χ4n) is 10.2. The molecule has 0 aromatic carbocycles. The summed E-state index contributed by atoms with van der Waals surface area (Å²) in [5.74, 6) is 2.51. The largest absolute Gasteiger partial charge is 0.393 e. The quantitative estimate of drug-likeness (QED) is 0.190. The number of aliphatic hydroxyl groups is 2. The summed E-state index contributed by atoms with van der Waals surface area (Å²) >= 11 is 0. The van der Waals surface area contributed by atoms with Crippen LogP contribution in [0.5, 0.6) is 0 Å². The highest BCUT2D eigenvalue weighted by Crippen LogP contribution is 2.68. The van der Waals surface area contributed by atoms with E-state index in [9.17, 15) is 15.0 Å². The Hall–Kier alpha value is -0.730. The van der Waals surface area contributed by atoms with Crippen molar-refractivity contribution in [1.29, 1.82) is 0 Å². The molecule has 0 saturated heterocycles. The topological polar surface area (TPSA) is 120 Å². The third-order valence-corrected chi connectivity index (χ3v) is 12.3. The van der Waals surface area contributed by atoms with Gasteiger partial charge in [-0.2, -0.15) is 0 Å². The zero-order chi connectivity index (χ0) is 29.1. The van der Waals surface area contributed by atoms with E-state index in [1.807, 2.05) is 13.8 Å². The Balaban J connectivity index is 1.36. The molecule has 0 bridgehead atoms. The molecular weight excluding hydrogens is 500 g/mol. The van der Waals surface area contributed by atoms with E-state index in [1.54, 1.807) is 0 Å². The Kier molecular flexibility index (Phi) is 11.0. The van der Waals surface area contributed by atoms with Crippen LogP contribution in [0, 0.1) is 46.3 Å². The van der Waals surface area contributed by atoms with E-state index in [0.29, 0.717) is 48.0 Å². The highest BCUT2D eigenvalue weighted by molar-refractivity contribution is 5.76. The second-order valence-corrected chi connectivity index (χ2v) is 15.0. The first-order chi connectivity index (χ1) is 19.0. The predicted molar refractivity (Wildman–Crippen MR) is 163 cm³/mol. The SMILES string of the molecule is CC(C)NC(=O)CC[C@@H](C)[C@H]1CCC2C3C(C[C@H](O)[C@@]21C)[C@@]1(C)CC[C@H](NCCCNCCCN)CC1C[C@H]3O. The van der Waals surface area contributed by atoms with Crippen LogP contribution in [-0.4, -0.2) is 66.6 Å². The molecule has 0 spiro atoms. The Morgan fingerprint density at radius 3 is 2.45 bits per heavy atom. The van der Waals surface area contributed by atoms with Crippen LogP contribution in [0.2, 0.25) is 0 Å². The average molecular weight is 563 g/mol. The monoisotopic (exact) mass is 562 g/mol. The van der Waals surface area contributed by atoms with Crippen molar-refractivity contribution in [3.63, 3.8) is 0 Å². The summed E-state index contributed by atoms with van der Waals surface area (Å²) in [6.45, 7) is 14.9. The summed E-state index contributed by atoms with van der Waals surface area (Å²) in [6.07, 6.45) is 10.5. The Morgan fingerprint density at radius 1 is 0.975 bits per heavy atom. The average Bonchev–Trinajstić information content (AvgIpc) is 3.26. The lowest BCUT2D eigenvalue weighted by molar-refractivity contribution is -0.202. The van der Waals surface area contributed by atoms with Gasteiger partial charge in [0.2, 0.25) is 5.91 Å². The molecule has 4 unspecified atom stereocenters. The van der Waals surface area contributed by atoms with Crippen molar-refractivity contribution < 1.29 is 15.0 Å². The lowest BCUT2D eigenvalue weighted by Crippen LogP contribution is -2.62. The lowest BCUT2D eigenvalue weighted by Gasteiger charge is -2.63.